The van der Waals surface area contributed by atoms with E-state index in [1.807, 2.05) is 13.0 Å². The number of likely N-dealkylation sites (tertiary alicyclic amines) is 1. The summed E-state index contributed by atoms with van der Waals surface area (Å²) in [5.41, 5.74) is 14.1. The van der Waals surface area contributed by atoms with Gasteiger partial charge in [0.05, 0.1) is 11.3 Å². The predicted octanol–water partition coefficient (Wildman–Crippen LogP) is 0.960. The summed E-state index contributed by atoms with van der Waals surface area (Å²) in [6.45, 7) is 8.21. The van der Waals surface area contributed by atoms with Crippen LogP contribution in [0.5, 0.6) is 0 Å². The van der Waals surface area contributed by atoms with Crippen LogP contribution in [0.3, 0.4) is 0 Å². The molecule has 2 aromatic rings. The lowest BCUT2D eigenvalue weighted by molar-refractivity contribution is 0.115. The number of nitrogens with two attached hydrogens (primary N) is 2. The average Bonchev–Trinajstić information content (AvgIpc) is 2.74. The molecular formula is C22H30N8. The summed E-state index contributed by atoms with van der Waals surface area (Å²) >= 11 is 0. The van der Waals surface area contributed by atoms with E-state index in [2.05, 4.69) is 48.5 Å². The highest BCUT2D eigenvalue weighted by atomic mass is 15.3. The van der Waals surface area contributed by atoms with Crippen molar-refractivity contribution in [2.24, 2.45) is 0 Å². The molecule has 0 unspecified atom stereocenters. The van der Waals surface area contributed by atoms with Gasteiger partial charge in [-0.25, -0.2) is 9.97 Å². The molecule has 0 bridgehead atoms. The molecule has 0 spiro atoms. The first-order chi connectivity index (χ1) is 14.5. The number of piperazine rings is 1. The smallest absolute Gasteiger partial charge is 0.222 e. The largest absolute Gasteiger partial charge is 0.384 e. The summed E-state index contributed by atoms with van der Waals surface area (Å²) in [5, 5.41) is 0. The van der Waals surface area contributed by atoms with Gasteiger partial charge in [0.2, 0.25) is 5.95 Å². The van der Waals surface area contributed by atoms with E-state index in [9.17, 15) is 0 Å². The molecule has 2 aliphatic heterocycles. The van der Waals surface area contributed by atoms with Gasteiger partial charge in [-0.15, -0.1) is 0 Å². The van der Waals surface area contributed by atoms with Crippen molar-refractivity contribution in [3.05, 3.63) is 35.2 Å². The molecule has 2 aromatic heterocycles. The fraction of sp³-hybridized carbons (Fsp3) is 0.500. The Morgan fingerprint density at radius 2 is 1.70 bits per heavy atom. The van der Waals surface area contributed by atoms with Gasteiger partial charge in [-0.2, -0.15) is 4.98 Å². The molecule has 0 radical (unpaired) electrons. The molecule has 4 N–H and O–H groups in total. The normalized spacial score (nSPS) is 18.8. The minimum atomic E-state index is 0.292. The van der Waals surface area contributed by atoms with Gasteiger partial charge in [-0.1, -0.05) is 11.8 Å². The Morgan fingerprint density at radius 3 is 2.37 bits per heavy atom. The molecule has 0 atom stereocenters. The number of piperidine rings is 1. The summed E-state index contributed by atoms with van der Waals surface area (Å²) in [5.74, 6) is 8.02. The second-order valence-electron chi connectivity index (χ2n) is 8.15. The number of pyridine rings is 1. The number of nitrogen functional groups attached to an aromatic ring is 2. The number of aromatic nitrogens is 3. The van der Waals surface area contributed by atoms with E-state index in [1.54, 1.807) is 12.3 Å². The highest BCUT2D eigenvalue weighted by Crippen LogP contribution is 2.24. The van der Waals surface area contributed by atoms with Gasteiger partial charge >= 0.3 is 0 Å². The molecule has 158 valence electrons. The Bertz CT molecular complexity index is 930. The number of hydrogen-bond donors (Lipinski definition) is 2. The van der Waals surface area contributed by atoms with Crippen molar-refractivity contribution in [3.63, 3.8) is 0 Å². The van der Waals surface area contributed by atoms with Crippen molar-refractivity contribution in [1.29, 1.82) is 0 Å². The number of anilines is 3. The monoisotopic (exact) mass is 406 g/mol. The quantitative estimate of drug-likeness (QED) is 0.712. The van der Waals surface area contributed by atoms with Crippen LogP contribution in [0.1, 0.15) is 29.7 Å². The highest BCUT2D eigenvalue weighted by Gasteiger charge is 2.28. The third-order valence-corrected chi connectivity index (χ3v) is 6.02. The molecule has 8 nitrogen and oxygen atoms in total. The van der Waals surface area contributed by atoms with Gasteiger partial charge in [-0.3, -0.25) is 4.90 Å². The van der Waals surface area contributed by atoms with Gasteiger partial charge in [-0.05, 0) is 52.0 Å². The van der Waals surface area contributed by atoms with E-state index in [-0.39, 0.29) is 0 Å². The van der Waals surface area contributed by atoms with Crippen LogP contribution in [-0.2, 0) is 0 Å². The lowest BCUT2D eigenvalue weighted by Crippen LogP contribution is -2.53. The topological polar surface area (TPSA) is 100 Å². The third kappa shape index (κ3) is 4.64. The van der Waals surface area contributed by atoms with Gasteiger partial charge in [0.25, 0.3) is 0 Å². The summed E-state index contributed by atoms with van der Waals surface area (Å²) in [7, 11) is 2.21. The Hall–Kier alpha value is -2.89. The van der Waals surface area contributed by atoms with Gasteiger partial charge in [0, 0.05) is 44.0 Å². The molecular weight excluding hydrogens is 376 g/mol. The van der Waals surface area contributed by atoms with Crippen LogP contribution < -0.4 is 16.4 Å². The number of rotatable bonds is 2. The fourth-order valence-electron chi connectivity index (χ4n) is 4.23. The zero-order chi connectivity index (χ0) is 21.1. The molecule has 30 heavy (non-hydrogen) atoms. The lowest BCUT2D eigenvalue weighted by Gasteiger charge is -2.42. The number of hydrogen-bond acceptors (Lipinski definition) is 8. The Morgan fingerprint density at radius 1 is 0.967 bits per heavy atom. The van der Waals surface area contributed by atoms with Crippen molar-refractivity contribution >= 4 is 17.6 Å². The molecule has 0 amide bonds. The Balaban J connectivity index is 1.51. The molecule has 4 heterocycles. The summed E-state index contributed by atoms with van der Waals surface area (Å²) in [4.78, 5) is 20.3. The second-order valence-corrected chi connectivity index (χ2v) is 8.15. The van der Waals surface area contributed by atoms with Crippen molar-refractivity contribution in [3.8, 4) is 11.8 Å². The van der Waals surface area contributed by atoms with Gasteiger partial charge in [0.15, 0.2) is 0 Å². The van der Waals surface area contributed by atoms with Crippen molar-refractivity contribution in [1.82, 2.24) is 24.8 Å². The van der Waals surface area contributed by atoms with Crippen LogP contribution in [0.2, 0.25) is 0 Å². The van der Waals surface area contributed by atoms with Crippen LogP contribution in [-0.4, -0.2) is 77.1 Å². The van der Waals surface area contributed by atoms with E-state index in [0.29, 0.717) is 17.8 Å². The molecule has 0 saturated carbocycles. The number of aryl methyl sites for hydroxylation is 1. The first kappa shape index (κ1) is 20.4. The van der Waals surface area contributed by atoms with Crippen molar-refractivity contribution in [2.45, 2.75) is 25.8 Å². The van der Waals surface area contributed by atoms with Crippen LogP contribution in [0.4, 0.5) is 17.6 Å². The van der Waals surface area contributed by atoms with Crippen molar-refractivity contribution in [2.75, 3.05) is 62.7 Å². The average molecular weight is 407 g/mol. The zero-order valence-corrected chi connectivity index (χ0v) is 17.8. The first-order valence-corrected chi connectivity index (χ1v) is 10.5. The Labute approximate surface area is 178 Å². The van der Waals surface area contributed by atoms with E-state index < -0.39 is 0 Å². The summed E-state index contributed by atoms with van der Waals surface area (Å²) in [6.07, 6.45) is 4.18. The van der Waals surface area contributed by atoms with Gasteiger partial charge in [0.1, 0.15) is 11.6 Å². The van der Waals surface area contributed by atoms with Crippen LogP contribution >= 0.6 is 0 Å². The summed E-state index contributed by atoms with van der Waals surface area (Å²) in [6, 6.07) is 4.31. The fourth-order valence-corrected chi connectivity index (χ4v) is 4.23. The van der Waals surface area contributed by atoms with Crippen LogP contribution in [0.15, 0.2) is 18.3 Å². The number of nitrogens with zero attached hydrogens (tertiary/aromatic N) is 6. The Kier molecular flexibility index (Phi) is 6.02. The standard InChI is InChI=1S/C22H30N8/c1-16-19(5-3-17-4-6-20(23)25-15-17)21(27-22(24)26-16)30-13-11-29(12-14-30)18-7-9-28(2)10-8-18/h4,6,15,18H,7-14H2,1-2H3,(H2,23,25)(H2,24,26,27). The molecule has 2 aliphatic rings. The van der Waals surface area contributed by atoms with E-state index in [0.717, 1.165) is 48.8 Å². The molecule has 2 fully saturated rings. The predicted molar refractivity (Wildman–Crippen MR) is 120 cm³/mol. The molecule has 4 rings (SSSR count). The maximum absolute atomic E-state index is 5.98. The highest BCUT2D eigenvalue weighted by molar-refractivity contribution is 5.61. The maximum atomic E-state index is 5.98. The van der Waals surface area contributed by atoms with Crippen LogP contribution in [0.25, 0.3) is 0 Å². The van der Waals surface area contributed by atoms with Crippen LogP contribution in [0, 0.1) is 18.8 Å². The lowest BCUT2D eigenvalue weighted by atomic mass is 10.0. The summed E-state index contributed by atoms with van der Waals surface area (Å²) < 4.78 is 0. The molecule has 0 aliphatic carbocycles. The van der Waals surface area contributed by atoms with E-state index in [4.69, 9.17) is 11.5 Å². The van der Waals surface area contributed by atoms with Gasteiger partial charge < -0.3 is 21.3 Å². The van der Waals surface area contributed by atoms with E-state index >= 15 is 0 Å². The first-order valence-electron chi connectivity index (χ1n) is 10.5. The molecule has 2 saturated heterocycles. The third-order valence-electron chi connectivity index (χ3n) is 6.02. The minimum absolute atomic E-state index is 0.292. The minimum Gasteiger partial charge on any atom is -0.384 e. The maximum Gasteiger partial charge on any atom is 0.222 e. The van der Waals surface area contributed by atoms with Crippen molar-refractivity contribution < 1.29 is 0 Å². The van der Waals surface area contributed by atoms with E-state index in [1.165, 1.54) is 25.9 Å². The molecule has 8 heteroatoms. The second kappa shape index (κ2) is 8.86. The zero-order valence-electron chi connectivity index (χ0n) is 17.8. The SMILES string of the molecule is Cc1nc(N)nc(N2CCN(C3CCN(C)CC3)CC2)c1C#Cc1ccc(N)nc1. The molecule has 0 aromatic carbocycles.